The molecule has 0 aliphatic carbocycles. The van der Waals surface area contributed by atoms with E-state index in [4.69, 9.17) is 22.0 Å². The summed E-state index contributed by atoms with van der Waals surface area (Å²) in [6.07, 6.45) is 1.35. The smallest absolute Gasteiger partial charge is 0.346 e. The molecule has 0 bridgehead atoms. The summed E-state index contributed by atoms with van der Waals surface area (Å²) < 4.78 is 1.75. The Labute approximate surface area is 133 Å². The molecule has 0 radical (unpaired) electrons. The summed E-state index contributed by atoms with van der Waals surface area (Å²) in [6.45, 7) is 4.09. The quantitative estimate of drug-likeness (QED) is 0.694. The number of carboxylic acid groups (broad SMARTS) is 1. The summed E-state index contributed by atoms with van der Waals surface area (Å²) in [5, 5.41) is 22.9. The Morgan fingerprint density at radius 1 is 1.45 bits per heavy atom. The molecule has 0 aliphatic rings. The van der Waals surface area contributed by atoms with Crippen LogP contribution in [0.2, 0.25) is 5.02 Å². The lowest BCUT2D eigenvalue weighted by Gasteiger charge is -2.06. The van der Waals surface area contributed by atoms with Gasteiger partial charge in [-0.25, -0.2) is 4.79 Å². The lowest BCUT2D eigenvalue weighted by molar-refractivity contribution is -0.132. The van der Waals surface area contributed by atoms with E-state index in [0.29, 0.717) is 22.8 Å². The van der Waals surface area contributed by atoms with E-state index in [2.05, 4.69) is 5.10 Å². The number of aliphatic carboxylic acids is 1. The van der Waals surface area contributed by atoms with Gasteiger partial charge in [-0.05, 0) is 31.6 Å². The third kappa shape index (κ3) is 3.18. The van der Waals surface area contributed by atoms with E-state index in [1.165, 1.54) is 6.08 Å². The molecule has 0 amide bonds. The molecule has 1 heterocycles. The molecule has 6 heteroatoms. The molecular formula is C16H14ClN3O2. The second kappa shape index (κ2) is 6.46. The summed E-state index contributed by atoms with van der Waals surface area (Å²) in [4.78, 5) is 11.0. The largest absolute Gasteiger partial charge is 0.477 e. The molecule has 1 N–H and O–H groups in total. The topological polar surface area (TPSA) is 78.9 Å². The van der Waals surface area contributed by atoms with Crippen molar-refractivity contribution in [2.24, 2.45) is 0 Å². The molecule has 0 saturated carbocycles. The molecule has 5 nitrogen and oxygen atoms in total. The third-order valence-electron chi connectivity index (χ3n) is 3.35. The summed E-state index contributed by atoms with van der Waals surface area (Å²) >= 11 is 6.15. The van der Waals surface area contributed by atoms with E-state index in [1.807, 2.05) is 31.2 Å². The van der Waals surface area contributed by atoms with Gasteiger partial charge in [0.15, 0.2) is 0 Å². The Morgan fingerprint density at radius 2 is 2.14 bits per heavy atom. The number of aromatic nitrogens is 2. The van der Waals surface area contributed by atoms with Crippen molar-refractivity contribution < 1.29 is 9.90 Å². The SMILES string of the molecule is Cc1nn(Cc2ccccc2Cl)c(C)c1C=C(C#N)C(=O)O. The highest BCUT2D eigenvalue weighted by atomic mass is 35.5. The summed E-state index contributed by atoms with van der Waals surface area (Å²) in [5.74, 6) is -1.25. The van der Waals surface area contributed by atoms with E-state index < -0.39 is 5.97 Å². The minimum atomic E-state index is -1.25. The van der Waals surface area contributed by atoms with E-state index in [1.54, 1.807) is 17.7 Å². The fourth-order valence-electron chi connectivity index (χ4n) is 2.15. The van der Waals surface area contributed by atoms with Gasteiger partial charge >= 0.3 is 5.97 Å². The first-order chi connectivity index (χ1) is 10.4. The molecule has 0 unspecified atom stereocenters. The first-order valence-electron chi connectivity index (χ1n) is 6.56. The zero-order chi connectivity index (χ0) is 16.3. The van der Waals surface area contributed by atoms with Crippen LogP contribution in [0.15, 0.2) is 29.8 Å². The van der Waals surface area contributed by atoms with E-state index >= 15 is 0 Å². The number of carbonyl (C=O) groups is 1. The van der Waals surface area contributed by atoms with Crippen molar-refractivity contribution in [2.75, 3.05) is 0 Å². The predicted molar refractivity (Wildman–Crippen MR) is 83.5 cm³/mol. The molecule has 22 heavy (non-hydrogen) atoms. The van der Waals surface area contributed by atoms with Gasteiger partial charge < -0.3 is 5.11 Å². The van der Waals surface area contributed by atoms with Crippen molar-refractivity contribution in [1.82, 2.24) is 9.78 Å². The van der Waals surface area contributed by atoms with E-state index in [-0.39, 0.29) is 5.57 Å². The number of nitriles is 1. The van der Waals surface area contributed by atoms with Crippen LogP contribution >= 0.6 is 11.6 Å². The number of hydrogen-bond acceptors (Lipinski definition) is 3. The zero-order valence-electron chi connectivity index (χ0n) is 12.2. The van der Waals surface area contributed by atoms with E-state index in [9.17, 15) is 4.79 Å². The van der Waals surface area contributed by atoms with Gasteiger partial charge in [0.05, 0.1) is 12.2 Å². The molecule has 2 rings (SSSR count). The summed E-state index contributed by atoms with van der Waals surface area (Å²) in [6, 6.07) is 9.14. The molecule has 0 atom stereocenters. The van der Waals surface area contributed by atoms with Crippen LogP contribution in [0, 0.1) is 25.2 Å². The second-order valence-corrected chi connectivity index (χ2v) is 5.22. The minimum absolute atomic E-state index is 0.316. The summed E-state index contributed by atoms with van der Waals surface area (Å²) in [7, 11) is 0. The monoisotopic (exact) mass is 315 g/mol. The minimum Gasteiger partial charge on any atom is -0.477 e. The second-order valence-electron chi connectivity index (χ2n) is 4.81. The van der Waals surface area contributed by atoms with Crippen molar-refractivity contribution in [1.29, 1.82) is 5.26 Å². The van der Waals surface area contributed by atoms with Gasteiger partial charge in [-0.15, -0.1) is 0 Å². The predicted octanol–water partition coefficient (Wildman–Crippen LogP) is 3.19. The van der Waals surface area contributed by atoms with E-state index in [0.717, 1.165) is 11.3 Å². The van der Waals surface area contributed by atoms with Crippen molar-refractivity contribution in [2.45, 2.75) is 20.4 Å². The fourth-order valence-corrected chi connectivity index (χ4v) is 2.34. The Balaban J connectivity index is 2.42. The summed E-state index contributed by atoms with van der Waals surface area (Å²) in [5.41, 5.74) is 2.70. The van der Waals surface area contributed by atoms with Crippen LogP contribution in [-0.2, 0) is 11.3 Å². The first kappa shape index (κ1) is 15.8. The lowest BCUT2D eigenvalue weighted by atomic mass is 10.1. The molecule has 0 aliphatic heterocycles. The van der Waals surface area contributed by atoms with Gasteiger partial charge in [-0.1, -0.05) is 29.8 Å². The number of nitrogens with zero attached hydrogens (tertiary/aromatic N) is 3. The number of aryl methyl sites for hydroxylation is 1. The highest BCUT2D eigenvalue weighted by molar-refractivity contribution is 6.31. The first-order valence-corrected chi connectivity index (χ1v) is 6.94. The van der Waals surface area contributed by atoms with Crippen molar-refractivity contribution in [3.05, 3.63) is 57.4 Å². The zero-order valence-corrected chi connectivity index (χ0v) is 12.9. The van der Waals surface area contributed by atoms with Gasteiger partial charge in [0.1, 0.15) is 11.6 Å². The number of halogens is 1. The number of benzene rings is 1. The average Bonchev–Trinajstić information content (AvgIpc) is 2.73. The molecule has 2 aromatic rings. The Morgan fingerprint density at radius 3 is 2.73 bits per heavy atom. The van der Waals surface area contributed by atoms with Crippen LogP contribution in [0.1, 0.15) is 22.5 Å². The van der Waals surface area contributed by atoms with Gasteiger partial charge in [0, 0.05) is 16.3 Å². The normalized spacial score (nSPS) is 11.3. The highest BCUT2D eigenvalue weighted by Gasteiger charge is 2.14. The van der Waals surface area contributed by atoms with Crippen LogP contribution in [0.4, 0.5) is 0 Å². The number of hydrogen-bond donors (Lipinski definition) is 1. The lowest BCUT2D eigenvalue weighted by Crippen LogP contribution is -2.04. The van der Waals surface area contributed by atoms with Gasteiger partial charge in [0.2, 0.25) is 0 Å². The van der Waals surface area contributed by atoms with Crippen LogP contribution in [0.5, 0.6) is 0 Å². The molecule has 0 spiro atoms. The number of rotatable bonds is 4. The Kier molecular flexibility index (Phi) is 4.64. The molecule has 1 aromatic carbocycles. The third-order valence-corrected chi connectivity index (χ3v) is 3.72. The molecule has 0 fully saturated rings. The fraction of sp³-hybridized carbons (Fsp3) is 0.188. The molecule has 0 saturated heterocycles. The molecule has 112 valence electrons. The van der Waals surface area contributed by atoms with Gasteiger partial charge in [-0.3, -0.25) is 4.68 Å². The van der Waals surface area contributed by atoms with Crippen molar-refractivity contribution in [3.8, 4) is 6.07 Å². The van der Waals surface area contributed by atoms with Crippen LogP contribution in [0.3, 0.4) is 0 Å². The standard InChI is InChI=1S/C16H14ClN3O2/c1-10-14(7-13(8-18)16(21)22)11(2)20(19-10)9-12-5-3-4-6-15(12)17/h3-7H,9H2,1-2H3,(H,21,22). The van der Waals surface area contributed by atoms with Crippen LogP contribution < -0.4 is 0 Å². The number of carboxylic acids is 1. The van der Waals surface area contributed by atoms with Crippen molar-refractivity contribution in [3.63, 3.8) is 0 Å². The maximum absolute atomic E-state index is 11.0. The Hall–Kier alpha value is -2.58. The van der Waals surface area contributed by atoms with Crippen molar-refractivity contribution >= 4 is 23.6 Å². The maximum atomic E-state index is 11.0. The van der Waals surface area contributed by atoms with Gasteiger partial charge in [-0.2, -0.15) is 10.4 Å². The van der Waals surface area contributed by atoms with Crippen LogP contribution in [-0.4, -0.2) is 20.9 Å². The maximum Gasteiger partial charge on any atom is 0.346 e. The Bertz CT molecular complexity index is 800. The molecule has 1 aromatic heterocycles. The molecular weight excluding hydrogens is 302 g/mol. The van der Waals surface area contributed by atoms with Crippen LogP contribution in [0.25, 0.3) is 6.08 Å². The van der Waals surface area contributed by atoms with Gasteiger partial charge in [0.25, 0.3) is 0 Å². The average molecular weight is 316 g/mol. The highest BCUT2D eigenvalue weighted by Crippen LogP contribution is 2.21.